The first kappa shape index (κ1) is 20.0. The van der Waals surface area contributed by atoms with E-state index in [0.717, 1.165) is 25.0 Å². The SMILES string of the molecule is CC(NC(=O)c1cc(C2CC2)cc(C(F)(F)F)c1)c1nccnc1-c1ccccn1. The van der Waals surface area contributed by atoms with E-state index in [0.29, 0.717) is 22.6 Å². The minimum absolute atomic E-state index is 0.0122. The van der Waals surface area contributed by atoms with E-state index in [2.05, 4.69) is 20.3 Å². The summed E-state index contributed by atoms with van der Waals surface area (Å²) in [6, 6.07) is 8.36. The third kappa shape index (κ3) is 4.32. The van der Waals surface area contributed by atoms with E-state index in [4.69, 9.17) is 0 Å². The molecule has 1 aliphatic carbocycles. The maximum atomic E-state index is 13.3. The molecule has 1 aromatic carbocycles. The fraction of sp³-hybridized carbons (Fsp3) is 0.273. The minimum Gasteiger partial charge on any atom is -0.344 e. The lowest BCUT2D eigenvalue weighted by Gasteiger charge is -2.17. The molecule has 2 heterocycles. The van der Waals surface area contributed by atoms with Gasteiger partial charge in [-0.1, -0.05) is 6.07 Å². The molecule has 0 spiro atoms. The van der Waals surface area contributed by atoms with Gasteiger partial charge in [0.2, 0.25) is 0 Å². The standard InChI is InChI=1S/C22H19F3N4O/c1-13(19-20(28-9-8-27-19)18-4-2-3-7-26-18)29-21(30)16-10-15(14-5-6-14)11-17(12-16)22(23,24)25/h2-4,7-14H,5-6H2,1H3,(H,29,30). The highest BCUT2D eigenvalue weighted by molar-refractivity contribution is 5.95. The fourth-order valence-electron chi connectivity index (χ4n) is 3.31. The van der Waals surface area contributed by atoms with Crippen molar-refractivity contribution in [2.75, 3.05) is 0 Å². The van der Waals surface area contributed by atoms with Crippen LogP contribution in [0.25, 0.3) is 11.4 Å². The van der Waals surface area contributed by atoms with Gasteiger partial charge in [-0.15, -0.1) is 0 Å². The van der Waals surface area contributed by atoms with Crippen LogP contribution in [0, 0.1) is 0 Å². The van der Waals surface area contributed by atoms with Crippen molar-refractivity contribution in [2.24, 2.45) is 0 Å². The van der Waals surface area contributed by atoms with Gasteiger partial charge in [0.15, 0.2) is 0 Å². The van der Waals surface area contributed by atoms with Gasteiger partial charge in [0.1, 0.15) is 5.69 Å². The van der Waals surface area contributed by atoms with Crippen molar-refractivity contribution in [1.29, 1.82) is 0 Å². The summed E-state index contributed by atoms with van der Waals surface area (Å²) >= 11 is 0. The molecule has 0 aliphatic heterocycles. The molecule has 0 bridgehead atoms. The number of hydrogen-bond donors (Lipinski definition) is 1. The second kappa shape index (κ2) is 7.85. The van der Waals surface area contributed by atoms with E-state index in [9.17, 15) is 18.0 Å². The Balaban J connectivity index is 1.62. The van der Waals surface area contributed by atoms with Gasteiger partial charge in [0.05, 0.1) is 23.0 Å². The third-order valence-corrected chi connectivity index (χ3v) is 4.99. The molecular formula is C22H19F3N4O. The second-order valence-corrected chi connectivity index (χ2v) is 7.32. The number of amides is 1. The van der Waals surface area contributed by atoms with Gasteiger partial charge >= 0.3 is 6.18 Å². The summed E-state index contributed by atoms with van der Waals surface area (Å²) in [6.07, 6.45) is 1.82. The Labute approximate surface area is 171 Å². The van der Waals surface area contributed by atoms with Gasteiger partial charge in [-0.25, -0.2) is 0 Å². The molecule has 3 aromatic rings. The van der Waals surface area contributed by atoms with Crippen LogP contribution in [-0.4, -0.2) is 20.9 Å². The number of aromatic nitrogens is 3. The molecule has 154 valence electrons. The molecule has 1 amide bonds. The first-order valence-electron chi connectivity index (χ1n) is 9.58. The summed E-state index contributed by atoms with van der Waals surface area (Å²) in [7, 11) is 0. The van der Waals surface area contributed by atoms with E-state index < -0.39 is 23.7 Å². The molecular weight excluding hydrogens is 393 g/mol. The van der Waals surface area contributed by atoms with Crippen LogP contribution in [0.3, 0.4) is 0 Å². The van der Waals surface area contributed by atoms with Crippen LogP contribution in [0.2, 0.25) is 0 Å². The van der Waals surface area contributed by atoms with Crippen LogP contribution in [0.4, 0.5) is 13.2 Å². The number of pyridine rings is 1. The normalized spacial score (nSPS) is 14.9. The number of halogens is 3. The Hall–Kier alpha value is -3.29. The van der Waals surface area contributed by atoms with E-state index >= 15 is 0 Å². The summed E-state index contributed by atoms with van der Waals surface area (Å²) in [5, 5.41) is 2.75. The molecule has 1 aliphatic rings. The van der Waals surface area contributed by atoms with E-state index in [-0.39, 0.29) is 11.5 Å². The summed E-state index contributed by atoms with van der Waals surface area (Å²) in [4.78, 5) is 25.7. The van der Waals surface area contributed by atoms with Gasteiger partial charge in [0.25, 0.3) is 5.91 Å². The number of nitrogens with zero attached hydrogens (tertiary/aromatic N) is 3. The van der Waals surface area contributed by atoms with E-state index in [1.54, 1.807) is 31.3 Å². The Morgan fingerprint density at radius 3 is 2.50 bits per heavy atom. The Morgan fingerprint density at radius 1 is 1.07 bits per heavy atom. The zero-order chi connectivity index (χ0) is 21.3. The van der Waals surface area contributed by atoms with Crippen LogP contribution in [-0.2, 0) is 6.18 Å². The van der Waals surface area contributed by atoms with Crippen LogP contribution in [0.1, 0.15) is 58.9 Å². The summed E-state index contributed by atoms with van der Waals surface area (Å²) in [6.45, 7) is 1.71. The third-order valence-electron chi connectivity index (χ3n) is 4.99. The predicted octanol–water partition coefficient (Wildman–Crippen LogP) is 4.93. The molecule has 2 aromatic heterocycles. The van der Waals surface area contributed by atoms with Crippen molar-refractivity contribution in [3.8, 4) is 11.4 Å². The topological polar surface area (TPSA) is 67.8 Å². The van der Waals surface area contributed by atoms with Crippen molar-refractivity contribution < 1.29 is 18.0 Å². The van der Waals surface area contributed by atoms with Gasteiger partial charge < -0.3 is 5.32 Å². The smallest absolute Gasteiger partial charge is 0.344 e. The second-order valence-electron chi connectivity index (χ2n) is 7.32. The van der Waals surface area contributed by atoms with Crippen molar-refractivity contribution in [3.05, 3.63) is 77.4 Å². The molecule has 1 N–H and O–H groups in total. The first-order valence-corrected chi connectivity index (χ1v) is 9.58. The van der Waals surface area contributed by atoms with Crippen LogP contribution in [0.15, 0.2) is 55.0 Å². The lowest BCUT2D eigenvalue weighted by atomic mass is 10.0. The number of carbonyl (C=O) groups excluding carboxylic acids is 1. The van der Waals surface area contributed by atoms with Gasteiger partial charge in [-0.2, -0.15) is 13.2 Å². The Bertz CT molecular complexity index is 1070. The molecule has 1 saturated carbocycles. The lowest BCUT2D eigenvalue weighted by molar-refractivity contribution is -0.137. The molecule has 1 unspecified atom stereocenters. The molecule has 5 nitrogen and oxygen atoms in total. The van der Waals surface area contributed by atoms with Crippen molar-refractivity contribution in [3.63, 3.8) is 0 Å². The maximum absolute atomic E-state index is 13.3. The molecule has 30 heavy (non-hydrogen) atoms. The largest absolute Gasteiger partial charge is 0.416 e. The lowest BCUT2D eigenvalue weighted by Crippen LogP contribution is -2.28. The summed E-state index contributed by atoms with van der Waals surface area (Å²) in [5.74, 6) is -0.500. The highest BCUT2D eigenvalue weighted by Gasteiger charge is 2.34. The van der Waals surface area contributed by atoms with Crippen molar-refractivity contribution in [1.82, 2.24) is 20.3 Å². The number of benzene rings is 1. The number of hydrogen-bond acceptors (Lipinski definition) is 4. The predicted molar refractivity (Wildman–Crippen MR) is 105 cm³/mol. The highest BCUT2D eigenvalue weighted by Crippen LogP contribution is 2.42. The Morgan fingerprint density at radius 2 is 1.83 bits per heavy atom. The molecule has 1 atom stereocenters. The number of alkyl halides is 3. The average molecular weight is 412 g/mol. The maximum Gasteiger partial charge on any atom is 0.416 e. The van der Waals surface area contributed by atoms with Crippen LogP contribution >= 0.6 is 0 Å². The quantitative estimate of drug-likeness (QED) is 0.646. The summed E-state index contributed by atoms with van der Waals surface area (Å²) < 4.78 is 39.9. The average Bonchev–Trinajstić information content (AvgIpc) is 3.59. The molecule has 0 radical (unpaired) electrons. The number of nitrogens with one attached hydrogen (secondary N) is 1. The number of carbonyl (C=O) groups is 1. The zero-order valence-electron chi connectivity index (χ0n) is 16.1. The minimum atomic E-state index is -4.51. The fourth-order valence-corrected chi connectivity index (χ4v) is 3.31. The van der Waals surface area contributed by atoms with Crippen molar-refractivity contribution in [2.45, 2.75) is 37.9 Å². The van der Waals surface area contributed by atoms with Gasteiger partial charge in [-0.05, 0) is 61.6 Å². The van der Waals surface area contributed by atoms with Crippen LogP contribution < -0.4 is 5.32 Å². The van der Waals surface area contributed by atoms with E-state index in [1.807, 2.05) is 6.07 Å². The Kier molecular flexibility index (Phi) is 5.24. The highest BCUT2D eigenvalue weighted by atomic mass is 19.4. The van der Waals surface area contributed by atoms with E-state index in [1.165, 1.54) is 12.4 Å². The van der Waals surface area contributed by atoms with Gasteiger partial charge in [0, 0.05) is 24.2 Å². The monoisotopic (exact) mass is 412 g/mol. The molecule has 4 rings (SSSR count). The molecule has 8 heteroatoms. The van der Waals surface area contributed by atoms with Gasteiger partial charge in [-0.3, -0.25) is 19.7 Å². The molecule has 1 fully saturated rings. The first-order chi connectivity index (χ1) is 14.3. The molecule has 0 saturated heterocycles. The van der Waals surface area contributed by atoms with Crippen LogP contribution in [0.5, 0.6) is 0 Å². The van der Waals surface area contributed by atoms with Crippen molar-refractivity contribution >= 4 is 5.91 Å². The summed E-state index contributed by atoms with van der Waals surface area (Å²) in [5.41, 5.74) is 1.32. The zero-order valence-corrected chi connectivity index (χ0v) is 16.1. The number of rotatable bonds is 5.